The van der Waals surface area contributed by atoms with E-state index in [9.17, 15) is 8.42 Å². The van der Waals surface area contributed by atoms with E-state index in [1.807, 2.05) is 13.8 Å². The number of aromatic nitrogens is 5. The molecule has 0 radical (unpaired) electrons. The molecule has 1 aliphatic rings. The van der Waals surface area contributed by atoms with Gasteiger partial charge in [-0.05, 0) is 32.6 Å². The number of nitrogens with one attached hydrogen (secondary N) is 3. The summed E-state index contributed by atoms with van der Waals surface area (Å²) in [6.45, 7) is 5.37. The molecular formula is C19H34N9O2S+. The van der Waals surface area contributed by atoms with Crippen LogP contribution in [0, 0.1) is 5.92 Å². The van der Waals surface area contributed by atoms with Crippen LogP contribution in [0.3, 0.4) is 0 Å². The molecule has 0 saturated heterocycles. The van der Waals surface area contributed by atoms with Gasteiger partial charge in [0.15, 0.2) is 5.82 Å². The minimum atomic E-state index is -3.57. The average molecular weight is 453 g/mol. The Balaban J connectivity index is 1.72. The van der Waals surface area contributed by atoms with Gasteiger partial charge in [0.2, 0.25) is 16.9 Å². The second kappa shape index (κ2) is 9.45. The zero-order chi connectivity index (χ0) is 22.6. The average Bonchev–Trinajstić information content (AvgIpc) is 3.29. The van der Waals surface area contributed by atoms with Crippen molar-refractivity contribution in [1.82, 2.24) is 24.9 Å². The maximum atomic E-state index is 13.1. The Morgan fingerprint density at radius 2 is 1.68 bits per heavy atom. The molecule has 3 rings (SSSR count). The maximum Gasteiger partial charge on any atom is 0.344 e. The lowest BCUT2D eigenvalue weighted by atomic mass is 9.81. The monoisotopic (exact) mass is 452 g/mol. The first-order chi connectivity index (χ1) is 14.7. The van der Waals surface area contributed by atoms with Crippen molar-refractivity contribution < 1.29 is 12.3 Å². The highest BCUT2D eigenvalue weighted by Gasteiger charge is 2.45. The number of anilines is 2. The van der Waals surface area contributed by atoms with Crippen molar-refractivity contribution in [3.05, 3.63) is 18.3 Å². The van der Waals surface area contributed by atoms with Crippen molar-refractivity contribution in [3.8, 4) is 0 Å². The Bertz CT molecular complexity index is 931. The molecule has 12 heteroatoms. The number of aromatic amines is 1. The molecule has 0 aromatic carbocycles. The summed E-state index contributed by atoms with van der Waals surface area (Å²) >= 11 is 0. The molecule has 31 heavy (non-hydrogen) atoms. The van der Waals surface area contributed by atoms with Crippen LogP contribution in [0.25, 0.3) is 0 Å². The normalized spacial score (nSPS) is 20.9. The van der Waals surface area contributed by atoms with Gasteiger partial charge in [-0.15, -0.1) is 0 Å². The Hall–Kier alpha value is -2.31. The molecule has 2 aromatic rings. The number of hydrogen-bond donors (Lipinski definition) is 4. The summed E-state index contributed by atoms with van der Waals surface area (Å²) in [6, 6.07) is -0.358. The molecule has 1 aliphatic carbocycles. The highest BCUT2D eigenvalue weighted by Crippen LogP contribution is 2.37. The lowest BCUT2D eigenvalue weighted by molar-refractivity contribution is -0.794. The van der Waals surface area contributed by atoms with Crippen molar-refractivity contribution in [2.45, 2.75) is 56.6 Å². The highest BCUT2D eigenvalue weighted by atomic mass is 32.2. The zero-order valence-electron chi connectivity index (χ0n) is 18.7. The van der Waals surface area contributed by atoms with Crippen LogP contribution in [-0.2, 0) is 10.0 Å². The third-order valence-electron chi connectivity index (χ3n) is 6.12. The lowest BCUT2D eigenvalue weighted by Crippen LogP contribution is -2.54. The molecule has 5 N–H and O–H groups in total. The standard InChI is InChI=1S/C19H34N9O2S/c1-5-22-18-25-17(26-19(27-18)23-6-2)16(20)13-7-9-14(10-8-13)28(3,4)31(29,30)15-11-21-12-24-15/h11-14,16H,5-10,20H2,1-4H3,(H,21,24)(H2,22,23,25,26,27)/q+1. The van der Waals surface area contributed by atoms with Crippen LogP contribution < -0.4 is 16.4 Å². The molecule has 1 atom stereocenters. The predicted octanol–water partition coefficient (Wildman–Crippen LogP) is 1.48. The molecule has 1 saturated carbocycles. The minimum absolute atomic E-state index is 0.0234. The van der Waals surface area contributed by atoms with Gasteiger partial charge in [-0.2, -0.15) is 23.4 Å². The van der Waals surface area contributed by atoms with Crippen molar-refractivity contribution in [1.29, 1.82) is 0 Å². The van der Waals surface area contributed by atoms with E-state index in [-0.39, 0.29) is 26.9 Å². The van der Waals surface area contributed by atoms with E-state index in [0.717, 1.165) is 25.7 Å². The van der Waals surface area contributed by atoms with E-state index in [2.05, 4.69) is 35.6 Å². The summed E-state index contributed by atoms with van der Waals surface area (Å²) in [5.74, 6) is 1.76. The van der Waals surface area contributed by atoms with Gasteiger partial charge >= 0.3 is 10.0 Å². The number of nitrogens with zero attached hydrogens (tertiary/aromatic N) is 5. The first kappa shape index (κ1) is 23.4. The summed E-state index contributed by atoms with van der Waals surface area (Å²) in [4.78, 5) is 20.0. The predicted molar refractivity (Wildman–Crippen MR) is 119 cm³/mol. The van der Waals surface area contributed by atoms with Gasteiger partial charge in [-0.1, -0.05) is 0 Å². The van der Waals surface area contributed by atoms with Crippen LogP contribution in [0.2, 0.25) is 0 Å². The summed E-state index contributed by atoms with van der Waals surface area (Å²) in [7, 11) is -0.0729. The summed E-state index contributed by atoms with van der Waals surface area (Å²) < 4.78 is 26.1. The van der Waals surface area contributed by atoms with Crippen LogP contribution in [0.15, 0.2) is 17.6 Å². The third-order valence-corrected chi connectivity index (χ3v) is 8.44. The largest absolute Gasteiger partial charge is 0.354 e. The fourth-order valence-corrected chi connectivity index (χ4v) is 5.65. The third kappa shape index (κ3) is 4.80. The summed E-state index contributed by atoms with van der Waals surface area (Å²) in [6.07, 6.45) is 5.88. The topological polar surface area (TPSA) is 152 Å². The number of rotatable bonds is 9. The molecule has 0 amide bonds. The molecule has 11 nitrogen and oxygen atoms in total. The first-order valence-electron chi connectivity index (χ1n) is 10.8. The van der Waals surface area contributed by atoms with Gasteiger partial charge in [-0.25, -0.2) is 8.87 Å². The molecule has 0 aliphatic heterocycles. The van der Waals surface area contributed by atoms with Crippen molar-refractivity contribution in [2.24, 2.45) is 11.7 Å². The smallest absolute Gasteiger partial charge is 0.344 e. The summed E-state index contributed by atoms with van der Waals surface area (Å²) in [5.41, 5.74) is 6.57. The van der Waals surface area contributed by atoms with E-state index >= 15 is 0 Å². The van der Waals surface area contributed by atoms with Gasteiger partial charge in [-0.3, -0.25) is 0 Å². The van der Waals surface area contributed by atoms with Crippen LogP contribution in [-0.4, -0.2) is 70.5 Å². The molecule has 172 valence electrons. The molecule has 0 bridgehead atoms. The maximum absolute atomic E-state index is 13.1. The van der Waals surface area contributed by atoms with Crippen molar-refractivity contribution in [2.75, 3.05) is 37.8 Å². The number of sulfonamides is 1. The number of imidazole rings is 1. The fraction of sp³-hybridized carbons (Fsp3) is 0.684. The van der Waals surface area contributed by atoms with Gasteiger partial charge in [0.25, 0.3) is 0 Å². The van der Waals surface area contributed by atoms with E-state index < -0.39 is 10.0 Å². The second-order valence-corrected chi connectivity index (χ2v) is 10.7. The van der Waals surface area contributed by atoms with E-state index in [0.29, 0.717) is 30.8 Å². The number of nitrogens with two attached hydrogens (primary N) is 1. The number of hydrogen-bond acceptors (Lipinski definition) is 9. The second-order valence-electron chi connectivity index (χ2n) is 8.32. The Labute approximate surface area is 183 Å². The Kier molecular flexibility index (Phi) is 7.12. The van der Waals surface area contributed by atoms with Gasteiger partial charge < -0.3 is 21.4 Å². The highest BCUT2D eigenvalue weighted by molar-refractivity contribution is 7.85. The minimum Gasteiger partial charge on any atom is -0.354 e. The molecule has 1 fully saturated rings. The molecule has 2 aromatic heterocycles. The molecule has 0 spiro atoms. The number of H-pyrrole nitrogens is 1. The van der Waals surface area contributed by atoms with Gasteiger partial charge in [0, 0.05) is 25.9 Å². The molecular weight excluding hydrogens is 418 g/mol. The van der Waals surface area contributed by atoms with Crippen LogP contribution in [0.4, 0.5) is 11.9 Å². The fourth-order valence-electron chi connectivity index (χ4n) is 4.14. The SMILES string of the molecule is CCNc1nc(NCC)nc(C(N)C2CCC([N+](C)(C)S(=O)(=O)c3cnc[nH]3)CC2)n1. The van der Waals surface area contributed by atoms with Crippen molar-refractivity contribution >= 4 is 21.9 Å². The van der Waals surface area contributed by atoms with E-state index in [1.165, 1.54) is 12.5 Å². The lowest BCUT2D eigenvalue weighted by Gasteiger charge is -2.40. The first-order valence-corrected chi connectivity index (χ1v) is 12.2. The van der Waals surface area contributed by atoms with Crippen LogP contribution >= 0.6 is 0 Å². The molecule has 2 heterocycles. The van der Waals surface area contributed by atoms with Crippen molar-refractivity contribution in [3.63, 3.8) is 0 Å². The summed E-state index contributed by atoms with van der Waals surface area (Å²) in [5, 5.41) is 6.40. The Morgan fingerprint density at radius 3 is 2.16 bits per heavy atom. The van der Waals surface area contributed by atoms with E-state index in [1.54, 1.807) is 14.1 Å². The Morgan fingerprint density at radius 1 is 1.10 bits per heavy atom. The van der Waals surface area contributed by atoms with Gasteiger partial charge in [0.1, 0.15) is 6.04 Å². The van der Waals surface area contributed by atoms with Gasteiger partial charge in [0.05, 0.1) is 32.7 Å². The zero-order valence-corrected chi connectivity index (χ0v) is 19.5. The van der Waals surface area contributed by atoms with Crippen LogP contribution in [0.5, 0.6) is 0 Å². The van der Waals surface area contributed by atoms with Crippen LogP contribution in [0.1, 0.15) is 51.4 Å². The number of quaternary nitrogens is 1. The van der Waals surface area contributed by atoms with E-state index in [4.69, 9.17) is 5.73 Å². The molecule has 1 unspecified atom stereocenters. The quantitative estimate of drug-likeness (QED) is 0.415.